The Morgan fingerprint density at radius 2 is 0.560 bits per heavy atom. The van der Waals surface area contributed by atoms with E-state index in [0.717, 1.165) is 45.9 Å². The first-order valence-electron chi connectivity index (χ1n) is 18.6. The van der Waals surface area contributed by atoms with Crippen LogP contribution in [-0.4, -0.2) is 131 Å². The number of unbranched alkanes of at least 4 members (excludes halogenated alkanes) is 2. The van der Waals surface area contributed by atoms with Crippen LogP contribution in [-0.2, 0) is 47.4 Å². The molecule has 0 spiro atoms. The van der Waals surface area contributed by atoms with Crippen molar-refractivity contribution in [1.29, 1.82) is 0 Å². The van der Waals surface area contributed by atoms with Gasteiger partial charge in [0, 0.05) is 34.0 Å². The molecule has 0 atom stereocenters. The molecular weight excluding hydrogens is 640 g/mol. The third-order valence-electron chi connectivity index (χ3n) is 5.15. The van der Waals surface area contributed by atoms with Crippen molar-refractivity contribution in [2.75, 3.05) is 100 Å². The van der Waals surface area contributed by atoms with E-state index in [1.54, 1.807) is 14.2 Å². The Balaban J connectivity index is -0.0000000938. The van der Waals surface area contributed by atoms with Gasteiger partial charge in [-0.15, -0.1) is 0 Å². The molecule has 0 amide bonds. The number of hydrogen-bond donors (Lipinski definition) is 0. The van der Waals surface area contributed by atoms with E-state index in [4.69, 9.17) is 47.4 Å². The maximum absolute atomic E-state index is 5.30. The summed E-state index contributed by atoms with van der Waals surface area (Å²) in [5, 5.41) is 0. The van der Waals surface area contributed by atoms with Gasteiger partial charge >= 0.3 is 0 Å². The van der Waals surface area contributed by atoms with Crippen molar-refractivity contribution >= 4 is 0 Å². The molecule has 0 N–H and O–H groups in total. The lowest BCUT2D eigenvalue weighted by atomic mass is 10.3. The highest BCUT2D eigenvalue weighted by Gasteiger charge is 1.94. The average molecular weight is 735 g/mol. The average Bonchev–Trinajstić information content (AvgIpc) is 3.02. The standard InChI is InChI=1S/C10H22O4.C9H20O2.C7H16O.C6H14O2.C6H14O.2CH4/c1-10(2)14-9-8-13-7-6-12-5-4-11-3;1-4-5-6-10-7-8-11-9(2)3;1-4-5-6-8-7(2)3;1-6(2)8-5-4-7-3;1-4-5-7-6(2)3;;/h10H,4-9H2,1-3H3;9H,4-8H2,1-3H3;7H,4-6H2,1-3H3;6H,4-5H2,1-3H3;6H,4-5H2,1-3H3;2*1H4. The molecule has 0 aliphatic rings. The van der Waals surface area contributed by atoms with Crippen molar-refractivity contribution < 1.29 is 47.4 Å². The van der Waals surface area contributed by atoms with E-state index in [1.165, 1.54) is 19.3 Å². The fourth-order valence-electron chi connectivity index (χ4n) is 2.68. The quantitative estimate of drug-likeness (QED) is 0.0724. The van der Waals surface area contributed by atoms with Crippen molar-refractivity contribution in [3.8, 4) is 0 Å². The minimum absolute atomic E-state index is 0. The predicted octanol–water partition coefficient (Wildman–Crippen LogP) is 9.68. The molecule has 0 saturated carbocycles. The predicted molar refractivity (Wildman–Crippen MR) is 215 cm³/mol. The summed E-state index contributed by atoms with van der Waals surface area (Å²) >= 11 is 0. The van der Waals surface area contributed by atoms with Crippen LogP contribution in [0.4, 0.5) is 0 Å². The molecule has 0 saturated heterocycles. The first-order chi connectivity index (χ1) is 22.9. The SMILES string of the molecule is C.C.CCCCOC(C)C.CCCCOCCOC(C)C.CCCOC(C)C.COCCOC(C)C.COCCOCCOCCOC(C)C. The van der Waals surface area contributed by atoms with E-state index in [0.29, 0.717) is 77.3 Å². The number of hydrogen-bond acceptors (Lipinski definition) is 10. The minimum Gasteiger partial charge on any atom is -0.382 e. The lowest BCUT2D eigenvalue weighted by Crippen LogP contribution is -2.13. The Bertz CT molecular complexity index is 479. The van der Waals surface area contributed by atoms with Crippen LogP contribution in [0, 0.1) is 0 Å². The van der Waals surface area contributed by atoms with E-state index < -0.39 is 0 Å². The Kier molecular flexibility index (Phi) is 78.3. The summed E-state index contributed by atoms with van der Waals surface area (Å²) in [5.74, 6) is 0. The second kappa shape index (κ2) is 60.7. The second-order valence-corrected chi connectivity index (χ2v) is 12.1. The highest BCUT2D eigenvalue weighted by atomic mass is 16.6. The molecule has 10 nitrogen and oxygen atoms in total. The van der Waals surface area contributed by atoms with Gasteiger partial charge in [0.1, 0.15) is 0 Å². The van der Waals surface area contributed by atoms with Crippen LogP contribution < -0.4 is 0 Å². The Labute approximate surface area is 314 Å². The third kappa shape index (κ3) is 97.3. The molecule has 314 valence electrons. The van der Waals surface area contributed by atoms with Crippen LogP contribution in [0.25, 0.3) is 0 Å². The summed E-state index contributed by atoms with van der Waals surface area (Å²) in [6.07, 6.45) is 7.63. The molecule has 50 heavy (non-hydrogen) atoms. The molecule has 0 bridgehead atoms. The zero-order valence-corrected chi connectivity index (χ0v) is 34.7. The summed E-state index contributed by atoms with van der Waals surface area (Å²) in [5.41, 5.74) is 0. The summed E-state index contributed by atoms with van der Waals surface area (Å²) in [4.78, 5) is 0. The van der Waals surface area contributed by atoms with Crippen LogP contribution in [0.15, 0.2) is 0 Å². The molecular formula is C40H94O10. The van der Waals surface area contributed by atoms with Gasteiger partial charge in [-0.3, -0.25) is 0 Å². The summed E-state index contributed by atoms with van der Waals surface area (Å²) in [6, 6.07) is 0. The maximum Gasteiger partial charge on any atom is 0.0703 e. The zero-order chi connectivity index (χ0) is 37.7. The van der Waals surface area contributed by atoms with Gasteiger partial charge in [0.2, 0.25) is 0 Å². The van der Waals surface area contributed by atoms with Crippen molar-refractivity contribution in [2.45, 2.75) is 167 Å². The van der Waals surface area contributed by atoms with Gasteiger partial charge in [0.05, 0.1) is 96.6 Å². The lowest BCUT2D eigenvalue weighted by Gasteiger charge is -2.08. The molecule has 0 aromatic heterocycles. The van der Waals surface area contributed by atoms with E-state index in [2.05, 4.69) is 48.5 Å². The van der Waals surface area contributed by atoms with Crippen LogP contribution >= 0.6 is 0 Å². The minimum atomic E-state index is 0. The van der Waals surface area contributed by atoms with Gasteiger partial charge in [0.25, 0.3) is 0 Å². The molecule has 0 fully saturated rings. The zero-order valence-electron chi connectivity index (χ0n) is 34.7. The molecule has 0 aliphatic carbocycles. The number of ether oxygens (including phenoxy) is 10. The highest BCUT2D eigenvalue weighted by Crippen LogP contribution is 1.93. The van der Waals surface area contributed by atoms with Crippen molar-refractivity contribution in [3.05, 3.63) is 0 Å². The van der Waals surface area contributed by atoms with E-state index >= 15 is 0 Å². The number of methoxy groups -OCH3 is 2. The normalized spacial score (nSPS) is 10.3. The maximum atomic E-state index is 5.30. The topological polar surface area (TPSA) is 92.3 Å². The van der Waals surface area contributed by atoms with E-state index in [9.17, 15) is 0 Å². The fourth-order valence-corrected chi connectivity index (χ4v) is 2.68. The summed E-state index contributed by atoms with van der Waals surface area (Å²) < 4.78 is 51.6. The van der Waals surface area contributed by atoms with Crippen LogP contribution in [0.5, 0.6) is 0 Å². The molecule has 0 unspecified atom stereocenters. The van der Waals surface area contributed by atoms with Gasteiger partial charge in [-0.05, 0) is 88.5 Å². The van der Waals surface area contributed by atoms with E-state index in [-0.39, 0.29) is 21.0 Å². The lowest BCUT2D eigenvalue weighted by molar-refractivity contribution is -0.00820. The second-order valence-electron chi connectivity index (χ2n) is 12.1. The van der Waals surface area contributed by atoms with Crippen LogP contribution in [0.3, 0.4) is 0 Å². The first-order valence-corrected chi connectivity index (χ1v) is 18.6. The smallest absolute Gasteiger partial charge is 0.0703 e. The summed E-state index contributed by atoms with van der Waals surface area (Å²) in [7, 11) is 3.33. The largest absolute Gasteiger partial charge is 0.382 e. The van der Waals surface area contributed by atoms with E-state index in [1.807, 2.05) is 41.5 Å². The molecule has 0 aromatic rings. The molecule has 0 rings (SSSR count). The Hall–Kier alpha value is -0.400. The Morgan fingerprint density at radius 1 is 0.300 bits per heavy atom. The fraction of sp³-hybridized carbons (Fsp3) is 1.00. The number of rotatable bonds is 28. The molecule has 0 aromatic carbocycles. The van der Waals surface area contributed by atoms with Gasteiger partial charge in [0.15, 0.2) is 0 Å². The highest BCUT2D eigenvalue weighted by molar-refractivity contribution is 4.39. The Morgan fingerprint density at radius 3 is 0.880 bits per heavy atom. The molecule has 0 radical (unpaired) electrons. The third-order valence-corrected chi connectivity index (χ3v) is 5.15. The van der Waals surface area contributed by atoms with Gasteiger partial charge in [-0.1, -0.05) is 48.5 Å². The molecule has 0 aliphatic heterocycles. The monoisotopic (exact) mass is 735 g/mol. The van der Waals surface area contributed by atoms with Crippen molar-refractivity contribution in [2.24, 2.45) is 0 Å². The molecule has 10 heteroatoms. The van der Waals surface area contributed by atoms with Gasteiger partial charge < -0.3 is 47.4 Å². The van der Waals surface area contributed by atoms with Crippen molar-refractivity contribution in [1.82, 2.24) is 0 Å². The first kappa shape index (κ1) is 64.6. The van der Waals surface area contributed by atoms with Gasteiger partial charge in [-0.2, -0.15) is 0 Å². The van der Waals surface area contributed by atoms with Crippen LogP contribution in [0.1, 0.15) is 137 Å². The van der Waals surface area contributed by atoms with Crippen molar-refractivity contribution in [3.63, 3.8) is 0 Å². The van der Waals surface area contributed by atoms with Gasteiger partial charge in [-0.25, -0.2) is 0 Å². The summed E-state index contributed by atoms with van der Waals surface area (Å²) in [6.45, 7) is 36.1. The molecule has 0 heterocycles. The van der Waals surface area contributed by atoms with Crippen LogP contribution in [0.2, 0.25) is 0 Å².